The lowest BCUT2D eigenvalue weighted by Gasteiger charge is -2.17. The number of nitrogens with two attached hydrogens (primary N) is 1. The van der Waals surface area contributed by atoms with Gasteiger partial charge in [0.15, 0.2) is 0 Å². The van der Waals surface area contributed by atoms with E-state index in [2.05, 4.69) is 12.2 Å². The van der Waals surface area contributed by atoms with Crippen LogP contribution in [0.1, 0.15) is 24.1 Å². The number of rotatable bonds is 5. The first kappa shape index (κ1) is 14.1. The first-order chi connectivity index (χ1) is 9.60. The van der Waals surface area contributed by atoms with Gasteiger partial charge in [-0.3, -0.25) is 4.79 Å². The topological polar surface area (TPSA) is 55.1 Å². The van der Waals surface area contributed by atoms with Crippen LogP contribution in [0.5, 0.6) is 0 Å². The van der Waals surface area contributed by atoms with Crippen LogP contribution in [0.15, 0.2) is 48.5 Å². The molecule has 0 fully saturated rings. The summed E-state index contributed by atoms with van der Waals surface area (Å²) in [5, 5.41) is 2.96. The lowest BCUT2D eigenvalue weighted by molar-refractivity contribution is -0.118. The zero-order chi connectivity index (χ0) is 14.5. The summed E-state index contributed by atoms with van der Waals surface area (Å²) in [6.45, 7) is 2.06. The van der Waals surface area contributed by atoms with Gasteiger partial charge in [0, 0.05) is 5.69 Å². The number of hydrogen-bond donors (Lipinski definition) is 2. The van der Waals surface area contributed by atoms with Crippen molar-refractivity contribution in [2.75, 3.05) is 5.32 Å². The smallest absolute Gasteiger partial charge is 0.244 e. The van der Waals surface area contributed by atoms with Gasteiger partial charge in [-0.05, 0) is 35.7 Å². The number of hydrogen-bond acceptors (Lipinski definition) is 2. The van der Waals surface area contributed by atoms with Crippen LogP contribution < -0.4 is 11.1 Å². The van der Waals surface area contributed by atoms with E-state index in [0.29, 0.717) is 5.69 Å². The molecular formula is C16H17FN2O. The first-order valence-electron chi connectivity index (χ1n) is 6.50. The molecule has 1 atom stereocenters. The number of primary amides is 1. The average Bonchev–Trinajstić information content (AvgIpc) is 2.45. The van der Waals surface area contributed by atoms with Crippen LogP contribution in [0.4, 0.5) is 10.1 Å². The van der Waals surface area contributed by atoms with Crippen molar-refractivity contribution in [2.45, 2.75) is 19.4 Å². The number of carbonyl (C=O) groups excluding carboxylic acids is 1. The van der Waals surface area contributed by atoms with E-state index >= 15 is 0 Å². The van der Waals surface area contributed by atoms with Crippen LogP contribution in [0.25, 0.3) is 0 Å². The Bertz CT molecular complexity index is 596. The summed E-state index contributed by atoms with van der Waals surface area (Å²) in [7, 11) is 0. The molecule has 0 saturated heterocycles. The van der Waals surface area contributed by atoms with Gasteiger partial charge in [0.05, 0.1) is 0 Å². The number of carbonyl (C=O) groups is 1. The molecule has 0 heterocycles. The van der Waals surface area contributed by atoms with Gasteiger partial charge < -0.3 is 11.1 Å². The second-order valence-corrected chi connectivity index (χ2v) is 4.59. The van der Waals surface area contributed by atoms with Crippen molar-refractivity contribution in [2.24, 2.45) is 5.73 Å². The number of amides is 1. The highest BCUT2D eigenvalue weighted by molar-refractivity contribution is 5.84. The lowest BCUT2D eigenvalue weighted by Crippen LogP contribution is -2.27. The summed E-state index contributed by atoms with van der Waals surface area (Å²) in [6, 6.07) is 12.9. The van der Waals surface area contributed by atoms with Crippen molar-refractivity contribution in [1.29, 1.82) is 0 Å². The second-order valence-electron chi connectivity index (χ2n) is 4.59. The van der Waals surface area contributed by atoms with E-state index < -0.39 is 11.9 Å². The van der Waals surface area contributed by atoms with Crippen LogP contribution >= 0.6 is 0 Å². The number of benzene rings is 2. The van der Waals surface area contributed by atoms with Crippen molar-refractivity contribution in [3.8, 4) is 0 Å². The standard InChI is InChI=1S/C16H17FN2O/c1-2-11-6-8-12(9-7-11)15(16(18)20)19-14-5-3-4-13(17)10-14/h3-10,15,19H,2H2,1H3,(H2,18,20). The van der Waals surface area contributed by atoms with E-state index in [1.54, 1.807) is 12.1 Å². The highest BCUT2D eigenvalue weighted by atomic mass is 19.1. The van der Waals surface area contributed by atoms with Crippen molar-refractivity contribution in [3.63, 3.8) is 0 Å². The summed E-state index contributed by atoms with van der Waals surface area (Å²) in [5.74, 6) is -0.863. The predicted octanol–water partition coefficient (Wildman–Crippen LogP) is 3.03. The largest absolute Gasteiger partial charge is 0.370 e. The average molecular weight is 272 g/mol. The molecule has 2 rings (SSSR count). The summed E-state index contributed by atoms with van der Waals surface area (Å²) >= 11 is 0. The molecule has 3 nitrogen and oxygen atoms in total. The van der Waals surface area contributed by atoms with Crippen LogP contribution in [-0.2, 0) is 11.2 Å². The molecule has 1 unspecified atom stereocenters. The summed E-state index contributed by atoms with van der Waals surface area (Å²) in [5.41, 5.74) is 7.90. The molecule has 0 radical (unpaired) electrons. The normalized spacial score (nSPS) is 11.9. The minimum absolute atomic E-state index is 0.362. The van der Waals surface area contributed by atoms with E-state index in [9.17, 15) is 9.18 Å². The Morgan fingerprint density at radius 3 is 2.50 bits per heavy atom. The Hall–Kier alpha value is -2.36. The van der Waals surface area contributed by atoms with Gasteiger partial charge in [0.2, 0.25) is 5.91 Å². The molecule has 0 bridgehead atoms. The Balaban J connectivity index is 2.24. The maximum atomic E-state index is 13.2. The van der Waals surface area contributed by atoms with Crippen molar-refractivity contribution < 1.29 is 9.18 Å². The monoisotopic (exact) mass is 272 g/mol. The van der Waals surface area contributed by atoms with Gasteiger partial charge in [-0.2, -0.15) is 0 Å². The van der Waals surface area contributed by atoms with Crippen LogP contribution in [0, 0.1) is 5.82 Å². The van der Waals surface area contributed by atoms with Crippen LogP contribution in [0.2, 0.25) is 0 Å². The third-order valence-corrected chi connectivity index (χ3v) is 3.14. The summed E-state index contributed by atoms with van der Waals surface area (Å²) in [4.78, 5) is 11.6. The molecule has 2 aromatic carbocycles. The zero-order valence-electron chi connectivity index (χ0n) is 11.3. The van der Waals surface area contributed by atoms with Crippen LogP contribution in [-0.4, -0.2) is 5.91 Å². The van der Waals surface area contributed by atoms with Crippen LogP contribution in [0.3, 0.4) is 0 Å². The van der Waals surface area contributed by atoms with E-state index in [-0.39, 0.29) is 5.82 Å². The lowest BCUT2D eigenvalue weighted by atomic mass is 10.0. The first-order valence-corrected chi connectivity index (χ1v) is 6.50. The van der Waals surface area contributed by atoms with E-state index in [1.165, 1.54) is 17.7 Å². The van der Waals surface area contributed by atoms with Gasteiger partial charge in [0.1, 0.15) is 11.9 Å². The molecule has 20 heavy (non-hydrogen) atoms. The molecule has 0 aliphatic carbocycles. The molecule has 2 aromatic rings. The van der Waals surface area contributed by atoms with Crippen molar-refractivity contribution in [1.82, 2.24) is 0 Å². The molecule has 0 aromatic heterocycles. The minimum atomic E-state index is -0.678. The molecule has 0 aliphatic heterocycles. The molecule has 3 N–H and O–H groups in total. The zero-order valence-corrected chi connectivity index (χ0v) is 11.3. The Labute approximate surface area is 117 Å². The van der Waals surface area contributed by atoms with Gasteiger partial charge >= 0.3 is 0 Å². The van der Waals surface area contributed by atoms with Crippen molar-refractivity contribution in [3.05, 3.63) is 65.5 Å². The number of halogens is 1. The predicted molar refractivity (Wildman–Crippen MR) is 77.8 cm³/mol. The molecular weight excluding hydrogens is 255 g/mol. The maximum absolute atomic E-state index is 13.2. The molecule has 1 amide bonds. The van der Waals surface area contributed by atoms with Gasteiger partial charge in [-0.25, -0.2) is 4.39 Å². The fraction of sp³-hybridized carbons (Fsp3) is 0.188. The highest BCUT2D eigenvalue weighted by Gasteiger charge is 2.17. The van der Waals surface area contributed by atoms with E-state index in [1.807, 2.05) is 24.3 Å². The van der Waals surface area contributed by atoms with Gasteiger partial charge in [-0.1, -0.05) is 37.3 Å². The molecule has 0 aliphatic rings. The summed E-state index contributed by atoms with van der Waals surface area (Å²) in [6.07, 6.45) is 0.929. The van der Waals surface area contributed by atoms with Gasteiger partial charge in [0.25, 0.3) is 0 Å². The molecule has 4 heteroatoms. The fourth-order valence-corrected chi connectivity index (χ4v) is 2.01. The minimum Gasteiger partial charge on any atom is -0.370 e. The van der Waals surface area contributed by atoms with E-state index in [4.69, 9.17) is 5.73 Å². The molecule has 104 valence electrons. The fourth-order valence-electron chi connectivity index (χ4n) is 2.01. The quantitative estimate of drug-likeness (QED) is 0.879. The molecule has 0 saturated carbocycles. The second kappa shape index (κ2) is 6.19. The van der Waals surface area contributed by atoms with Gasteiger partial charge in [-0.15, -0.1) is 0 Å². The Kier molecular flexibility index (Phi) is 4.35. The summed E-state index contributed by atoms with van der Waals surface area (Å²) < 4.78 is 13.2. The SMILES string of the molecule is CCc1ccc(C(Nc2cccc(F)c2)C(N)=O)cc1. The number of aryl methyl sites for hydroxylation is 1. The third-order valence-electron chi connectivity index (χ3n) is 3.14. The third kappa shape index (κ3) is 3.35. The number of anilines is 1. The maximum Gasteiger partial charge on any atom is 0.244 e. The Morgan fingerprint density at radius 2 is 1.95 bits per heavy atom. The van der Waals surface area contributed by atoms with E-state index in [0.717, 1.165) is 12.0 Å². The highest BCUT2D eigenvalue weighted by Crippen LogP contribution is 2.20. The number of nitrogens with one attached hydrogen (secondary N) is 1. The molecule has 0 spiro atoms. The Morgan fingerprint density at radius 1 is 1.25 bits per heavy atom. The van der Waals surface area contributed by atoms with Crippen molar-refractivity contribution >= 4 is 11.6 Å².